The largest absolute Gasteiger partial charge is 0.349 e. The second-order valence-electron chi connectivity index (χ2n) is 7.91. The van der Waals surface area contributed by atoms with Gasteiger partial charge in [0, 0.05) is 16.5 Å². The molecule has 0 atom stereocenters. The van der Waals surface area contributed by atoms with Crippen LogP contribution < -0.4 is 10.6 Å². The fourth-order valence-corrected chi connectivity index (χ4v) is 4.84. The van der Waals surface area contributed by atoms with Gasteiger partial charge in [0.2, 0.25) is 0 Å². The molecular weight excluding hydrogens is 444 g/mol. The second kappa shape index (κ2) is 8.41. The normalized spacial score (nSPS) is 13.3. The van der Waals surface area contributed by atoms with Gasteiger partial charge < -0.3 is 10.6 Å². The molecule has 1 aliphatic carbocycles. The summed E-state index contributed by atoms with van der Waals surface area (Å²) in [6.45, 7) is 2.45. The van der Waals surface area contributed by atoms with Crippen LogP contribution in [0.1, 0.15) is 44.1 Å². The van der Waals surface area contributed by atoms with Crippen molar-refractivity contribution in [2.45, 2.75) is 32.4 Å². The molecule has 5 rings (SSSR count). The van der Waals surface area contributed by atoms with Crippen molar-refractivity contribution in [1.29, 1.82) is 0 Å². The lowest BCUT2D eigenvalue weighted by atomic mass is 10.1. The van der Waals surface area contributed by atoms with E-state index < -0.39 is 0 Å². The van der Waals surface area contributed by atoms with Gasteiger partial charge in [0.05, 0.1) is 28.4 Å². The van der Waals surface area contributed by atoms with Gasteiger partial charge in [0.25, 0.3) is 11.8 Å². The van der Waals surface area contributed by atoms with Crippen molar-refractivity contribution in [2.24, 2.45) is 0 Å². The molecule has 0 bridgehead atoms. The number of anilines is 1. The number of hydrogen-bond donors (Lipinski definition) is 2. The summed E-state index contributed by atoms with van der Waals surface area (Å²) >= 11 is 7.70. The molecule has 0 saturated heterocycles. The maximum atomic E-state index is 13.0. The Morgan fingerprint density at radius 2 is 1.88 bits per heavy atom. The average molecular weight is 465 g/mol. The summed E-state index contributed by atoms with van der Waals surface area (Å²) < 4.78 is 1.88. The van der Waals surface area contributed by atoms with Gasteiger partial charge in [0.1, 0.15) is 4.83 Å². The van der Waals surface area contributed by atoms with Crippen LogP contribution in [0.5, 0.6) is 0 Å². The number of carbonyl (C=O) groups is 2. The predicted molar refractivity (Wildman–Crippen MR) is 128 cm³/mol. The minimum atomic E-state index is -0.249. The highest BCUT2D eigenvalue weighted by Crippen LogP contribution is 2.30. The number of aromatic nitrogens is 2. The summed E-state index contributed by atoms with van der Waals surface area (Å²) in [6.07, 6.45) is 2.01. The van der Waals surface area contributed by atoms with Gasteiger partial charge in [-0.2, -0.15) is 5.10 Å². The highest BCUT2D eigenvalue weighted by Gasteiger charge is 2.25. The molecule has 0 spiro atoms. The molecule has 1 saturated carbocycles. The van der Waals surface area contributed by atoms with Crippen LogP contribution in [0.2, 0.25) is 5.02 Å². The molecule has 2 heterocycles. The highest BCUT2D eigenvalue weighted by atomic mass is 35.5. The number of benzene rings is 2. The molecule has 4 aromatic rings. The van der Waals surface area contributed by atoms with Gasteiger partial charge >= 0.3 is 0 Å². The van der Waals surface area contributed by atoms with Crippen LogP contribution in [-0.2, 0) is 6.54 Å². The number of para-hydroxylation sites is 1. The van der Waals surface area contributed by atoms with Gasteiger partial charge in [-0.05, 0) is 49.6 Å². The van der Waals surface area contributed by atoms with Crippen molar-refractivity contribution in [3.63, 3.8) is 0 Å². The van der Waals surface area contributed by atoms with Crippen LogP contribution in [0.15, 0.2) is 54.6 Å². The van der Waals surface area contributed by atoms with Crippen LogP contribution >= 0.6 is 22.9 Å². The molecule has 0 aliphatic heterocycles. The molecule has 8 heteroatoms. The van der Waals surface area contributed by atoms with Gasteiger partial charge in [0.15, 0.2) is 0 Å². The summed E-state index contributed by atoms with van der Waals surface area (Å²) in [6, 6.07) is 16.8. The standard InChI is InChI=1S/C24H21ClN4O2S/c1-14-18-12-21(32-24(18)29(28-14)13-15-6-2-4-8-19(15)25)23(31)27-20-9-5-3-7-17(20)22(30)26-16-10-11-16/h2-9,12,16H,10-11,13H2,1H3,(H,26,30)(H,27,31). The van der Waals surface area contributed by atoms with E-state index >= 15 is 0 Å². The van der Waals surface area contributed by atoms with E-state index in [1.807, 2.05) is 41.9 Å². The third kappa shape index (κ3) is 4.13. The smallest absolute Gasteiger partial charge is 0.265 e. The Morgan fingerprint density at radius 3 is 2.66 bits per heavy atom. The third-order valence-corrected chi connectivity index (χ3v) is 6.96. The maximum Gasteiger partial charge on any atom is 0.265 e. The van der Waals surface area contributed by atoms with E-state index in [0.717, 1.165) is 34.3 Å². The number of hydrogen-bond acceptors (Lipinski definition) is 4. The van der Waals surface area contributed by atoms with Crippen molar-refractivity contribution < 1.29 is 9.59 Å². The molecular formula is C24H21ClN4O2S. The number of fused-ring (bicyclic) bond motifs is 1. The number of aryl methyl sites for hydroxylation is 1. The van der Waals surface area contributed by atoms with E-state index in [1.54, 1.807) is 24.3 Å². The SMILES string of the molecule is Cc1nn(Cc2ccccc2Cl)c2sc(C(=O)Nc3ccccc3C(=O)NC3CC3)cc12. The molecule has 1 fully saturated rings. The molecule has 162 valence electrons. The van der Waals surface area contributed by atoms with Crippen molar-refractivity contribution in [3.05, 3.63) is 81.3 Å². The first-order valence-corrected chi connectivity index (χ1v) is 11.6. The lowest BCUT2D eigenvalue weighted by molar-refractivity contribution is 0.0952. The fourth-order valence-electron chi connectivity index (χ4n) is 3.58. The first-order valence-electron chi connectivity index (χ1n) is 10.4. The number of rotatable bonds is 6. The Morgan fingerprint density at radius 1 is 1.12 bits per heavy atom. The Kier molecular flexibility index (Phi) is 5.45. The van der Waals surface area contributed by atoms with Gasteiger partial charge in [-0.1, -0.05) is 41.9 Å². The summed E-state index contributed by atoms with van der Waals surface area (Å²) in [5.41, 5.74) is 2.79. The zero-order chi connectivity index (χ0) is 22.2. The van der Waals surface area contributed by atoms with Crippen LogP contribution in [0, 0.1) is 6.92 Å². The van der Waals surface area contributed by atoms with Crippen molar-refractivity contribution in [1.82, 2.24) is 15.1 Å². The summed E-state index contributed by atoms with van der Waals surface area (Å²) in [5.74, 6) is -0.410. The second-order valence-corrected chi connectivity index (χ2v) is 9.35. The number of amides is 2. The van der Waals surface area contributed by atoms with E-state index in [2.05, 4.69) is 15.7 Å². The minimum absolute atomic E-state index is 0.161. The van der Waals surface area contributed by atoms with Crippen molar-refractivity contribution in [3.8, 4) is 0 Å². The molecule has 32 heavy (non-hydrogen) atoms. The summed E-state index contributed by atoms with van der Waals surface area (Å²) in [5, 5.41) is 12.1. The van der Waals surface area contributed by atoms with Crippen LogP contribution in [0.4, 0.5) is 5.69 Å². The lowest BCUT2D eigenvalue weighted by Crippen LogP contribution is -2.26. The first kappa shape index (κ1) is 20.7. The fraction of sp³-hybridized carbons (Fsp3) is 0.208. The van der Waals surface area contributed by atoms with Crippen LogP contribution in [-0.4, -0.2) is 27.6 Å². The number of carbonyl (C=O) groups excluding carboxylic acids is 2. The highest BCUT2D eigenvalue weighted by molar-refractivity contribution is 7.20. The van der Waals surface area contributed by atoms with E-state index in [4.69, 9.17) is 11.6 Å². The number of nitrogens with zero attached hydrogens (tertiary/aromatic N) is 2. The summed E-state index contributed by atoms with van der Waals surface area (Å²) in [4.78, 5) is 27.1. The molecule has 6 nitrogen and oxygen atoms in total. The zero-order valence-corrected chi connectivity index (χ0v) is 19.0. The van der Waals surface area contributed by atoms with E-state index in [9.17, 15) is 9.59 Å². The maximum absolute atomic E-state index is 13.0. The number of nitrogens with one attached hydrogen (secondary N) is 2. The lowest BCUT2D eigenvalue weighted by Gasteiger charge is -2.10. The first-order chi connectivity index (χ1) is 15.5. The number of halogens is 1. The van der Waals surface area contributed by atoms with Gasteiger partial charge in [-0.25, -0.2) is 0 Å². The van der Waals surface area contributed by atoms with E-state index in [1.165, 1.54) is 11.3 Å². The summed E-state index contributed by atoms with van der Waals surface area (Å²) in [7, 11) is 0. The quantitative estimate of drug-likeness (QED) is 0.409. The van der Waals surface area contributed by atoms with Crippen molar-refractivity contribution >= 4 is 50.7 Å². The molecule has 2 amide bonds. The molecule has 2 aromatic carbocycles. The third-order valence-electron chi connectivity index (χ3n) is 5.44. The monoisotopic (exact) mass is 464 g/mol. The van der Waals surface area contributed by atoms with E-state index in [0.29, 0.717) is 27.7 Å². The average Bonchev–Trinajstić information content (AvgIpc) is 3.39. The van der Waals surface area contributed by atoms with Crippen LogP contribution in [0.3, 0.4) is 0 Å². The predicted octanol–water partition coefficient (Wildman–Crippen LogP) is 5.25. The zero-order valence-electron chi connectivity index (χ0n) is 17.4. The van der Waals surface area contributed by atoms with Gasteiger partial charge in [-0.15, -0.1) is 11.3 Å². The topological polar surface area (TPSA) is 76.0 Å². The van der Waals surface area contributed by atoms with Crippen LogP contribution in [0.25, 0.3) is 10.2 Å². The Bertz CT molecular complexity index is 1340. The Labute approximate surface area is 194 Å². The molecule has 2 aromatic heterocycles. The Hall–Kier alpha value is -3.16. The number of thiophene rings is 1. The Balaban J connectivity index is 1.40. The molecule has 0 unspecified atom stereocenters. The molecule has 1 aliphatic rings. The van der Waals surface area contributed by atoms with Gasteiger partial charge in [-0.3, -0.25) is 14.3 Å². The minimum Gasteiger partial charge on any atom is -0.349 e. The van der Waals surface area contributed by atoms with Crippen molar-refractivity contribution in [2.75, 3.05) is 5.32 Å². The molecule has 0 radical (unpaired) electrons. The molecule has 2 N–H and O–H groups in total. The van der Waals surface area contributed by atoms with E-state index in [-0.39, 0.29) is 17.9 Å².